The average molecular weight is 394 g/mol. The molecule has 0 atom stereocenters. The summed E-state index contributed by atoms with van der Waals surface area (Å²) in [5.41, 5.74) is -0.982. The molecule has 4 nitrogen and oxygen atoms in total. The number of carboxylic acids is 1. The zero-order valence-corrected chi connectivity index (χ0v) is 13.7. The highest BCUT2D eigenvalue weighted by Gasteiger charge is 2.17. The molecular weight excluding hydrogens is 384 g/mol. The first-order valence-corrected chi connectivity index (χ1v) is 7.66. The third-order valence-electron chi connectivity index (χ3n) is 3.64. The summed E-state index contributed by atoms with van der Waals surface area (Å²) in [6.45, 7) is -0.0420. The fourth-order valence-corrected chi connectivity index (χ4v) is 2.85. The van der Waals surface area contributed by atoms with Gasteiger partial charge in [-0.15, -0.1) is 0 Å². The summed E-state index contributed by atoms with van der Waals surface area (Å²) < 4.78 is 30.0. The molecule has 0 bridgehead atoms. The number of benzene rings is 2. The minimum absolute atomic E-state index is 0.0420. The van der Waals surface area contributed by atoms with Gasteiger partial charge in [0.05, 0.1) is 17.4 Å². The fourth-order valence-electron chi connectivity index (χ4n) is 2.51. The van der Waals surface area contributed by atoms with Crippen LogP contribution in [-0.2, 0) is 6.54 Å². The van der Waals surface area contributed by atoms with Gasteiger partial charge in [-0.25, -0.2) is 13.6 Å². The maximum atomic E-state index is 14.1. The van der Waals surface area contributed by atoms with E-state index in [1.54, 1.807) is 6.07 Å². The van der Waals surface area contributed by atoms with Gasteiger partial charge in [-0.2, -0.15) is 0 Å². The molecule has 2 aromatic carbocycles. The molecule has 0 amide bonds. The second-order valence-electron chi connectivity index (χ2n) is 5.17. The Morgan fingerprint density at radius 2 is 1.92 bits per heavy atom. The van der Waals surface area contributed by atoms with Crippen LogP contribution in [0.5, 0.6) is 0 Å². The maximum absolute atomic E-state index is 14.1. The highest BCUT2D eigenvalue weighted by Crippen LogP contribution is 2.20. The molecule has 7 heteroatoms. The van der Waals surface area contributed by atoms with E-state index < -0.39 is 28.6 Å². The number of halogens is 3. The van der Waals surface area contributed by atoms with Gasteiger partial charge in [-0.1, -0.05) is 28.1 Å². The van der Waals surface area contributed by atoms with Crippen molar-refractivity contribution >= 4 is 32.8 Å². The number of pyridine rings is 1. The number of carbonyl (C=O) groups is 1. The van der Waals surface area contributed by atoms with E-state index in [4.69, 9.17) is 0 Å². The van der Waals surface area contributed by atoms with Crippen LogP contribution in [-0.4, -0.2) is 15.6 Å². The quantitative estimate of drug-likeness (QED) is 0.736. The van der Waals surface area contributed by atoms with Crippen molar-refractivity contribution in [1.82, 2.24) is 4.57 Å². The van der Waals surface area contributed by atoms with Crippen molar-refractivity contribution in [2.45, 2.75) is 6.54 Å². The molecule has 0 fully saturated rings. The Morgan fingerprint density at radius 3 is 2.58 bits per heavy atom. The molecule has 0 saturated heterocycles. The van der Waals surface area contributed by atoms with Gasteiger partial charge < -0.3 is 9.67 Å². The zero-order valence-electron chi connectivity index (χ0n) is 12.1. The molecule has 0 radical (unpaired) electrons. The summed E-state index contributed by atoms with van der Waals surface area (Å²) in [7, 11) is 0. The van der Waals surface area contributed by atoms with Crippen molar-refractivity contribution in [3.8, 4) is 0 Å². The van der Waals surface area contributed by atoms with Gasteiger partial charge in [0.2, 0.25) is 5.43 Å². The van der Waals surface area contributed by atoms with Crippen LogP contribution in [0.2, 0.25) is 0 Å². The number of rotatable bonds is 3. The lowest BCUT2D eigenvalue weighted by molar-refractivity contribution is 0.0695. The van der Waals surface area contributed by atoms with Gasteiger partial charge in [0.25, 0.3) is 0 Å². The summed E-state index contributed by atoms with van der Waals surface area (Å²) in [6, 6.07) is 8.43. The van der Waals surface area contributed by atoms with Gasteiger partial charge in [-0.3, -0.25) is 4.79 Å². The lowest BCUT2D eigenvalue weighted by Gasteiger charge is -2.13. The molecule has 0 spiro atoms. The Bertz CT molecular complexity index is 1030. The zero-order chi connectivity index (χ0) is 17.4. The molecule has 1 N–H and O–H groups in total. The number of nitrogens with zero attached hydrogens (tertiary/aromatic N) is 1. The van der Waals surface area contributed by atoms with Gasteiger partial charge >= 0.3 is 5.97 Å². The van der Waals surface area contributed by atoms with Crippen molar-refractivity contribution in [3.63, 3.8) is 0 Å². The second kappa shape index (κ2) is 6.16. The van der Waals surface area contributed by atoms with E-state index in [1.807, 2.05) is 0 Å². The highest BCUT2D eigenvalue weighted by molar-refractivity contribution is 9.10. The predicted octanol–water partition coefficient (Wildman–Crippen LogP) is 3.79. The summed E-state index contributed by atoms with van der Waals surface area (Å²) in [5, 5.41) is 8.86. The van der Waals surface area contributed by atoms with Gasteiger partial charge in [0.1, 0.15) is 17.2 Å². The average Bonchev–Trinajstić information content (AvgIpc) is 2.52. The van der Waals surface area contributed by atoms with Crippen LogP contribution >= 0.6 is 15.9 Å². The van der Waals surface area contributed by atoms with Crippen molar-refractivity contribution in [2.24, 2.45) is 0 Å². The summed E-state index contributed by atoms with van der Waals surface area (Å²) in [6.07, 6.45) is 1.11. The molecule has 0 saturated carbocycles. The lowest BCUT2D eigenvalue weighted by Crippen LogP contribution is -2.20. The van der Waals surface area contributed by atoms with E-state index in [9.17, 15) is 23.5 Å². The first-order valence-electron chi connectivity index (χ1n) is 6.87. The van der Waals surface area contributed by atoms with E-state index in [-0.39, 0.29) is 23.0 Å². The fraction of sp³-hybridized carbons (Fsp3) is 0.0588. The molecular formula is C17H10BrF2NO3. The Balaban J connectivity index is 2.27. The third kappa shape index (κ3) is 2.82. The Kier molecular flexibility index (Phi) is 4.19. The van der Waals surface area contributed by atoms with E-state index in [0.717, 1.165) is 12.3 Å². The van der Waals surface area contributed by atoms with Crippen molar-refractivity contribution in [1.29, 1.82) is 0 Å². The predicted molar refractivity (Wildman–Crippen MR) is 88.3 cm³/mol. The Morgan fingerprint density at radius 1 is 1.17 bits per heavy atom. The first kappa shape index (κ1) is 16.3. The van der Waals surface area contributed by atoms with Gasteiger partial charge in [0, 0.05) is 16.2 Å². The van der Waals surface area contributed by atoms with E-state index in [2.05, 4.69) is 15.9 Å². The third-order valence-corrected chi connectivity index (χ3v) is 4.14. The standard InChI is InChI=1S/C17H10BrF2NO3/c18-10-5-4-9(13(20)6-10)7-21-8-11(17(23)24)16(22)15-12(19)2-1-3-14(15)21/h1-6,8H,7H2,(H,23,24). The minimum Gasteiger partial charge on any atom is -0.477 e. The minimum atomic E-state index is -1.46. The van der Waals surface area contributed by atoms with Gasteiger partial charge in [0.15, 0.2) is 0 Å². The van der Waals surface area contributed by atoms with Crippen LogP contribution in [0.25, 0.3) is 10.9 Å². The summed E-state index contributed by atoms with van der Waals surface area (Å²) in [4.78, 5) is 23.5. The molecule has 3 aromatic rings. The highest BCUT2D eigenvalue weighted by atomic mass is 79.9. The normalized spacial score (nSPS) is 11.0. The van der Waals surface area contributed by atoms with Gasteiger partial charge in [-0.05, 0) is 24.3 Å². The molecule has 1 aromatic heterocycles. The Hall–Kier alpha value is -2.54. The molecule has 3 rings (SSSR count). The summed E-state index contributed by atoms with van der Waals surface area (Å²) in [5.74, 6) is -2.77. The van der Waals surface area contributed by atoms with E-state index >= 15 is 0 Å². The van der Waals surface area contributed by atoms with Crippen LogP contribution in [0.4, 0.5) is 8.78 Å². The molecule has 24 heavy (non-hydrogen) atoms. The van der Waals surface area contributed by atoms with Crippen LogP contribution in [0.3, 0.4) is 0 Å². The number of aromatic nitrogens is 1. The largest absolute Gasteiger partial charge is 0.477 e. The van der Waals surface area contributed by atoms with Crippen molar-refractivity contribution in [2.75, 3.05) is 0 Å². The monoisotopic (exact) mass is 393 g/mol. The van der Waals surface area contributed by atoms with Crippen LogP contribution in [0.1, 0.15) is 15.9 Å². The number of carboxylic acid groups (broad SMARTS) is 1. The molecule has 1 heterocycles. The van der Waals surface area contributed by atoms with Crippen molar-refractivity contribution < 1.29 is 18.7 Å². The van der Waals surface area contributed by atoms with Crippen LogP contribution in [0, 0.1) is 11.6 Å². The van der Waals surface area contributed by atoms with Crippen LogP contribution < -0.4 is 5.43 Å². The first-order chi connectivity index (χ1) is 11.4. The molecule has 122 valence electrons. The van der Waals surface area contributed by atoms with Crippen LogP contribution in [0.15, 0.2) is 51.9 Å². The van der Waals surface area contributed by atoms with Crippen molar-refractivity contribution in [3.05, 3.63) is 80.1 Å². The maximum Gasteiger partial charge on any atom is 0.341 e. The molecule has 0 aliphatic heterocycles. The smallest absolute Gasteiger partial charge is 0.341 e. The molecule has 0 unspecified atom stereocenters. The number of fused-ring (bicyclic) bond motifs is 1. The van der Waals surface area contributed by atoms with E-state index in [1.165, 1.54) is 28.8 Å². The number of hydrogen-bond acceptors (Lipinski definition) is 2. The summed E-state index contributed by atoms with van der Waals surface area (Å²) >= 11 is 3.16. The van der Waals surface area contributed by atoms with E-state index in [0.29, 0.717) is 4.47 Å². The Labute approximate surface area is 143 Å². The number of aromatic carboxylic acids is 1. The topological polar surface area (TPSA) is 59.3 Å². The second-order valence-corrected chi connectivity index (χ2v) is 6.09. The molecule has 0 aliphatic rings. The lowest BCUT2D eigenvalue weighted by atomic mass is 10.1. The SMILES string of the molecule is O=C(O)c1cn(Cc2ccc(Br)cc2F)c2cccc(F)c2c1=O. The molecule has 0 aliphatic carbocycles. The number of hydrogen-bond donors (Lipinski definition) is 1.